The van der Waals surface area contributed by atoms with E-state index in [-0.39, 0.29) is 12.3 Å². The fraction of sp³-hybridized carbons (Fsp3) is 0.429. The van der Waals surface area contributed by atoms with Crippen molar-refractivity contribution in [2.24, 2.45) is 0 Å². The molecule has 30 heavy (non-hydrogen) atoms. The maximum Gasteiger partial charge on any atom is 0.207 e. The Hall–Kier alpha value is -2.35. The summed E-state index contributed by atoms with van der Waals surface area (Å²) in [5, 5.41) is -1.53. The summed E-state index contributed by atoms with van der Waals surface area (Å²) in [7, 11) is -3.61. The second-order valence-electron chi connectivity index (χ2n) is 6.60. The predicted molar refractivity (Wildman–Crippen MR) is 106 cm³/mol. The van der Waals surface area contributed by atoms with Crippen molar-refractivity contribution in [3.05, 3.63) is 46.0 Å². The lowest BCUT2D eigenvalue weighted by atomic mass is 10.2. The molecule has 1 aromatic carbocycles. The summed E-state index contributed by atoms with van der Waals surface area (Å²) in [5.74, 6) is -6.16. The Morgan fingerprint density at radius 1 is 0.800 bits per heavy atom. The quantitative estimate of drug-likeness (QED) is 0.121. The van der Waals surface area contributed by atoms with Gasteiger partial charge in [0.05, 0.1) is 25.2 Å². The monoisotopic (exact) mass is 447 g/mol. The Bertz CT molecular complexity index is 903. The molecule has 0 saturated heterocycles. The molecule has 0 aromatic heterocycles. The molecule has 0 radical (unpaired) electrons. The van der Waals surface area contributed by atoms with Gasteiger partial charge in [-0.3, -0.25) is 0 Å². The summed E-state index contributed by atoms with van der Waals surface area (Å²) in [6.45, 7) is 3.51. The maximum absolute atomic E-state index is 14.9. The fourth-order valence-corrected chi connectivity index (χ4v) is 8.06. The largest absolute Gasteiger partial charge is 0.234 e. The molecule has 0 bridgehead atoms. The number of hydrogen-bond acceptors (Lipinski definition) is 3. The molecule has 0 heterocycles. The van der Waals surface area contributed by atoms with Crippen molar-refractivity contribution in [2.75, 3.05) is 12.3 Å². The van der Waals surface area contributed by atoms with Crippen LogP contribution in [0.1, 0.15) is 46.0 Å². The lowest BCUT2D eigenvalue weighted by Gasteiger charge is -2.28. The number of allylic oxidation sites excluding steroid dienone is 3. The van der Waals surface area contributed by atoms with Crippen LogP contribution >= 0.6 is 7.26 Å². The van der Waals surface area contributed by atoms with Crippen LogP contribution in [0.4, 0.5) is 22.0 Å². The fourth-order valence-electron chi connectivity index (χ4n) is 3.23. The number of hydrogen-bond donors (Lipinski definition) is 0. The highest BCUT2D eigenvalue weighted by atomic mass is 31.2. The van der Waals surface area contributed by atoms with Gasteiger partial charge < -0.3 is 0 Å². The molecule has 0 fully saturated rings. The van der Waals surface area contributed by atoms with Crippen molar-refractivity contribution in [1.29, 1.82) is 0 Å². The van der Waals surface area contributed by atoms with E-state index in [4.69, 9.17) is 0 Å². The average Bonchev–Trinajstić information content (AvgIpc) is 2.75. The Morgan fingerprint density at radius 2 is 1.27 bits per heavy atom. The minimum atomic E-state index is -3.61. The molecular formula is C21H21F5O3P+. The molecule has 0 atom stereocenters. The van der Waals surface area contributed by atoms with E-state index in [2.05, 4.69) is 0 Å². The van der Waals surface area contributed by atoms with Gasteiger partial charge in [0.15, 0.2) is 16.6 Å². The molecular weight excluding hydrogens is 426 g/mol. The van der Waals surface area contributed by atoms with Gasteiger partial charge in [-0.15, -0.1) is 0 Å². The summed E-state index contributed by atoms with van der Waals surface area (Å²) in [4.78, 5) is 34.0. The first-order chi connectivity index (χ1) is 14.3. The van der Waals surface area contributed by atoms with Crippen LogP contribution in [0, 0.1) is 29.1 Å². The third kappa shape index (κ3) is 5.03. The second-order valence-corrected chi connectivity index (χ2v) is 10.3. The summed E-state index contributed by atoms with van der Waals surface area (Å²) >= 11 is 0. The Labute approximate surface area is 171 Å². The number of unbranched alkanes of at least 4 members (excludes halogenated alkanes) is 2. The summed E-state index contributed by atoms with van der Waals surface area (Å²) in [6.07, 6.45) is 1.92. The van der Waals surface area contributed by atoms with Crippen LogP contribution < -0.4 is 5.30 Å². The molecule has 0 aliphatic carbocycles. The minimum absolute atomic E-state index is 0.0671. The van der Waals surface area contributed by atoms with Crippen molar-refractivity contribution < 1.29 is 36.3 Å². The standard InChI is InChI=1S/C21H21F5O3P/c1-3-5-10-30(11-6-4-2,15(13-29)14(12-28)8-7-9-27)21-19(25)17(23)16(22)18(24)20(21)26/h7H,3-6,8,10-11H2,1-2H3/q+1. The minimum Gasteiger partial charge on any atom is -0.234 e. The maximum atomic E-state index is 14.9. The highest BCUT2D eigenvalue weighted by Crippen LogP contribution is 2.67. The third-order valence-corrected chi connectivity index (χ3v) is 9.35. The third-order valence-electron chi connectivity index (χ3n) is 4.72. The number of benzene rings is 1. The molecule has 1 aromatic rings. The second kappa shape index (κ2) is 11.7. The van der Waals surface area contributed by atoms with Crippen LogP contribution in [0.5, 0.6) is 0 Å². The van der Waals surface area contributed by atoms with Gasteiger partial charge in [-0.05, 0) is 12.8 Å². The Morgan fingerprint density at radius 3 is 1.63 bits per heavy atom. The lowest BCUT2D eigenvalue weighted by Crippen LogP contribution is -2.30. The molecule has 9 heteroatoms. The zero-order chi connectivity index (χ0) is 22.9. The molecule has 1 rings (SSSR count). The highest BCUT2D eigenvalue weighted by molar-refractivity contribution is 7.87. The lowest BCUT2D eigenvalue weighted by molar-refractivity contribution is 0.384. The van der Waals surface area contributed by atoms with E-state index in [9.17, 15) is 36.3 Å². The molecule has 0 saturated carbocycles. The van der Waals surface area contributed by atoms with Crippen LogP contribution in [0.15, 0.2) is 17.0 Å². The molecule has 162 valence electrons. The number of carbonyl (C=O) groups excluding carboxylic acids is 3. The van der Waals surface area contributed by atoms with Crippen molar-refractivity contribution >= 4 is 30.4 Å². The predicted octanol–water partition coefficient (Wildman–Crippen LogP) is 4.88. The van der Waals surface area contributed by atoms with Gasteiger partial charge in [0.1, 0.15) is 11.9 Å². The highest BCUT2D eigenvalue weighted by Gasteiger charge is 2.52. The van der Waals surface area contributed by atoms with Crippen molar-refractivity contribution in [3.8, 4) is 0 Å². The van der Waals surface area contributed by atoms with Gasteiger partial charge in [-0.25, -0.2) is 27.6 Å². The van der Waals surface area contributed by atoms with Gasteiger partial charge >= 0.3 is 0 Å². The SMILES string of the molecule is CCCC[P+](CCCC)(C(=C=O)C(=C=O)CC=C=O)c1c(F)c(F)c(F)c(F)c1F. The zero-order valence-corrected chi connectivity index (χ0v) is 17.5. The molecule has 0 spiro atoms. The van der Waals surface area contributed by atoms with E-state index in [0.29, 0.717) is 25.7 Å². The van der Waals surface area contributed by atoms with E-state index in [1.54, 1.807) is 13.8 Å². The summed E-state index contributed by atoms with van der Waals surface area (Å²) in [6, 6.07) is 0. The topological polar surface area (TPSA) is 51.2 Å². The van der Waals surface area contributed by atoms with E-state index < -0.39 is 59.0 Å². The normalized spacial score (nSPS) is 10.8. The van der Waals surface area contributed by atoms with E-state index in [1.165, 1.54) is 17.8 Å². The molecule has 0 unspecified atom stereocenters. The first-order valence-electron chi connectivity index (χ1n) is 9.35. The number of halogens is 5. The van der Waals surface area contributed by atoms with Gasteiger partial charge in [-0.2, -0.15) is 8.78 Å². The van der Waals surface area contributed by atoms with Crippen LogP contribution in [-0.4, -0.2) is 30.1 Å². The van der Waals surface area contributed by atoms with E-state index >= 15 is 0 Å². The van der Waals surface area contributed by atoms with Crippen molar-refractivity contribution in [3.63, 3.8) is 0 Å². The van der Waals surface area contributed by atoms with Crippen LogP contribution in [-0.2, 0) is 14.4 Å². The smallest absolute Gasteiger partial charge is 0.207 e. The Kier molecular flexibility index (Phi) is 10.0. The number of rotatable bonds is 11. The van der Waals surface area contributed by atoms with Crippen LogP contribution in [0.25, 0.3) is 0 Å². The van der Waals surface area contributed by atoms with Gasteiger partial charge in [0.25, 0.3) is 0 Å². The first kappa shape index (κ1) is 25.7. The molecule has 0 aliphatic rings. The van der Waals surface area contributed by atoms with Gasteiger partial charge in [0.2, 0.25) is 29.1 Å². The molecule has 0 N–H and O–H groups in total. The average molecular weight is 447 g/mol. The van der Waals surface area contributed by atoms with Crippen molar-refractivity contribution in [1.82, 2.24) is 0 Å². The summed E-state index contributed by atoms with van der Waals surface area (Å²) in [5.41, 5.74) is -0.405. The van der Waals surface area contributed by atoms with Crippen molar-refractivity contribution in [2.45, 2.75) is 46.0 Å². The van der Waals surface area contributed by atoms with Crippen LogP contribution in [0.3, 0.4) is 0 Å². The van der Waals surface area contributed by atoms with Gasteiger partial charge in [-0.1, -0.05) is 26.7 Å². The van der Waals surface area contributed by atoms with E-state index in [0.717, 1.165) is 6.08 Å². The zero-order valence-electron chi connectivity index (χ0n) is 16.6. The molecule has 0 aliphatic heterocycles. The molecule has 0 amide bonds. The summed E-state index contributed by atoms with van der Waals surface area (Å²) < 4.78 is 71.4. The molecule has 3 nitrogen and oxygen atoms in total. The van der Waals surface area contributed by atoms with Gasteiger partial charge in [0, 0.05) is 12.5 Å². The first-order valence-corrected chi connectivity index (χ1v) is 11.5. The van der Waals surface area contributed by atoms with E-state index in [1.807, 2.05) is 0 Å². The Balaban J connectivity index is 4.07. The van der Waals surface area contributed by atoms with Crippen LogP contribution in [0.2, 0.25) is 0 Å².